The number of likely N-dealkylation sites (tertiary alicyclic amines) is 1. The van der Waals surface area contributed by atoms with E-state index in [1.54, 1.807) is 0 Å². The molecule has 1 rings (SSSR count). The van der Waals surface area contributed by atoms with E-state index in [0.29, 0.717) is 5.92 Å². The Morgan fingerprint density at radius 1 is 1.44 bits per heavy atom. The van der Waals surface area contributed by atoms with Crippen molar-refractivity contribution in [2.24, 2.45) is 5.92 Å². The van der Waals surface area contributed by atoms with Crippen molar-refractivity contribution in [2.75, 3.05) is 31.6 Å². The molecule has 1 unspecified atom stereocenters. The summed E-state index contributed by atoms with van der Waals surface area (Å²) in [6, 6.07) is 0.820. The number of nitrogens with zero attached hydrogens (tertiary/aromatic N) is 1. The topological polar surface area (TPSA) is 12.5 Å². The van der Waals surface area contributed by atoms with Crippen molar-refractivity contribution < 1.29 is 4.74 Å². The highest BCUT2D eigenvalue weighted by atomic mass is 79.9. The molecule has 0 saturated carbocycles. The molecule has 0 aliphatic carbocycles. The SMILES string of the molecule is CC(C)COCCN1CCCC1CCCBr. The van der Waals surface area contributed by atoms with Gasteiger partial charge >= 0.3 is 0 Å². The van der Waals surface area contributed by atoms with Gasteiger partial charge in [-0.05, 0) is 38.1 Å². The molecule has 1 saturated heterocycles. The van der Waals surface area contributed by atoms with Crippen LogP contribution in [0.1, 0.15) is 39.5 Å². The van der Waals surface area contributed by atoms with Gasteiger partial charge in [0.25, 0.3) is 0 Å². The lowest BCUT2D eigenvalue weighted by Crippen LogP contribution is -2.32. The Morgan fingerprint density at radius 2 is 2.25 bits per heavy atom. The molecule has 2 nitrogen and oxygen atoms in total. The predicted octanol–water partition coefficient (Wildman–Crippen LogP) is 3.30. The third-order valence-corrected chi connectivity index (χ3v) is 3.70. The summed E-state index contributed by atoms with van der Waals surface area (Å²) in [7, 11) is 0. The van der Waals surface area contributed by atoms with Crippen molar-refractivity contribution in [3.63, 3.8) is 0 Å². The molecule has 0 aromatic carbocycles. The highest BCUT2D eigenvalue weighted by Crippen LogP contribution is 2.21. The van der Waals surface area contributed by atoms with E-state index in [9.17, 15) is 0 Å². The van der Waals surface area contributed by atoms with Gasteiger partial charge < -0.3 is 4.74 Å². The van der Waals surface area contributed by atoms with Gasteiger partial charge in [-0.25, -0.2) is 0 Å². The number of hydrogen-bond donors (Lipinski definition) is 0. The number of hydrogen-bond acceptors (Lipinski definition) is 2. The van der Waals surface area contributed by atoms with Gasteiger partial charge in [0.1, 0.15) is 0 Å². The second-order valence-electron chi connectivity index (χ2n) is 5.13. The largest absolute Gasteiger partial charge is 0.380 e. The van der Waals surface area contributed by atoms with Gasteiger partial charge in [0.2, 0.25) is 0 Å². The minimum Gasteiger partial charge on any atom is -0.380 e. The Morgan fingerprint density at radius 3 is 2.94 bits per heavy atom. The van der Waals surface area contributed by atoms with E-state index in [0.717, 1.165) is 31.1 Å². The maximum atomic E-state index is 5.66. The van der Waals surface area contributed by atoms with Crippen LogP contribution in [0.2, 0.25) is 0 Å². The summed E-state index contributed by atoms with van der Waals surface area (Å²) in [4.78, 5) is 2.61. The third kappa shape index (κ3) is 5.65. The van der Waals surface area contributed by atoms with Crippen LogP contribution in [0.4, 0.5) is 0 Å². The monoisotopic (exact) mass is 291 g/mol. The first-order valence-corrected chi connectivity index (χ1v) is 7.74. The number of halogens is 1. The Balaban J connectivity index is 2.09. The van der Waals surface area contributed by atoms with E-state index in [2.05, 4.69) is 34.7 Å². The third-order valence-electron chi connectivity index (χ3n) is 3.14. The summed E-state index contributed by atoms with van der Waals surface area (Å²) in [5.74, 6) is 0.655. The van der Waals surface area contributed by atoms with Gasteiger partial charge in [0.15, 0.2) is 0 Å². The van der Waals surface area contributed by atoms with Crippen LogP contribution < -0.4 is 0 Å². The number of alkyl halides is 1. The molecule has 0 aromatic rings. The molecule has 0 radical (unpaired) electrons. The number of ether oxygens (including phenoxy) is 1. The second-order valence-corrected chi connectivity index (χ2v) is 5.92. The van der Waals surface area contributed by atoms with Crippen LogP contribution in [-0.2, 0) is 4.74 Å². The van der Waals surface area contributed by atoms with E-state index in [1.165, 1.54) is 32.2 Å². The van der Waals surface area contributed by atoms with Crippen molar-refractivity contribution in [2.45, 2.75) is 45.6 Å². The highest BCUT2D eigenvalue weighted by molar-refractivity contribution is 9.09. The fraction of sp³-hybridized carbons (Fsp3) is 1.00. The standard InChI is InChI=1S/C13H26BrNO/c1-12(2)11-16-10-9-15-8-4-6-13(15)5-3-7-14/h12-13H,3-11H2,1-2H3. The maximum Gasteiger partial charge on any atom is 0.0593 e. The first-order chi connectivity index (χ1) is 7.74. The average molecular weight is 292 g/mol. The fourth-order valence-corrected chi connectivity index (χ4v) is 2.65. The molecule has 96 valence electrons. The Hall–Kier alpha value is 0.400. The first kappa shape index (κ1) is 14.5. The zero-order valence-corrected chi connectivity index (χ0v) is 12.3. The first-order valence-electron chi connectivity index (χ1n) is 6.61. The second kappa shape index (κ2) is 8.48. The smallest absolute Gasteiger partial charge is 0.0593 e. The molecule has 16 heavy (non-hydrogen) atoms. The molecule has 1 aliphatic rings. The highest BCUT2D eigenvalue weighted by Gasteiger charge is 2.23. The Kier molecular flexibility index (Phi) is 7.67. The molecular weight excluding hydrogens is 266 g/mol. The van der Waals surface area contributed by atoms with Crippen molar-refractivity contribution >= 4 is 15.9 Å². The molecule has 0 spiro atoms. The van der Waals surface area contributed by atoms with E-state index in [-0.39, 0.29) is 0 Å². The lowest BCUT2D eigenvalue weighted by atomic mass is 10.1. The van der Waals surface area contributed by atoms with Gasteiger partial charge in [0.05, 0.1) is 6.61 Å². The van der Waals surface area contributed by atoms with E-state index in [1.807, 2.05) is 0 Å². The molecule has 1 atom stereocenters. The summed E-state index contributed by atoms with van der Waals surface area (Å²) in [6.07, 6.45) is 5.40. The van der Waals surface area contributed by atoms with Crippen molar-refractivity contribution in [1.82, 2.24) is 4.90 Å². The summed E-state index contributed by atoms with van der Waals surface area (Å²) in [5, 5.41) is 1.14. The van der Waals surface area contributed by atoms with Crippen LogP contribution in [-0.4, -0.2) is 42.6 Å². The summed E-state index contributed by atoms with van der Waals surface area (Å²) in [6.45, 7) is 8.61. The van der Waals surface area contributed by atoms with Crippen LogP contribution in [0.25, 0.3) is 0 Å². The van der Waals surface area contributed by atoms with Gasteiger partial charge in [0, 0.05) is 24.5 Å². The molecule has 1 fully saturated rings. The van der Waals surface area contributed by atoms with Crippen LogP contribution in [0.15, 0.2) is 0 Å². The summed E-state index contributed by atoms with van der Waals surface area (Å²) < 4.78 is 5.66. The van der Waals surface area contributed by atoms with Crippen molar-refractivity contribution in [3.05, 3.63) is 0 Å². The molecule has 1 heterocycles. The van der Waals surface area contributed by atoms with Gasteiger partial charge in [-0.15, -0.1) is 0 Å². The molecular formula is C13H26BrNO. The van der Waals surface area contributed by atoms with Gasteiger partial charge in [-0.2, -0.15) is 0 Å². The normalized spacial score (nSPS) is 22.1. The van der Waals surface area contributed by atoms with Gasteiger partial charge in [-0.3, -0.25) is 4.90 Å². The molecule has 1 aliphatic heterocycles. The van der Waals surface area contributed by atoms with E-state index >= 15 is 0 Å². The lowest BCUT2D eigenvalue weighted by Gasteiger charge is -2.24. The number of rotatable bonds is 8. The van der Waals surface area contributed by atoms with Crippen LogP contribution in [0, 0.1) is 5.92 Å². The van der Waals surface area contributed by atoms with E-state index < -0.39 is 0 Å². The zero-order chi connectivity index (χ0) is 11.8. The molecule has 3 heteroatoms. The van der Waals surface area contributed by atoms with Crippen LogP contribution >= 0.6 is 15.9 Å². The summed E-state index contributed by atoms with van der Waals surface area (Å²) in [5.41, 5.74) is 0. The quantitative estimate of drug-likeness (QED) is 0.503. The zero-order valence-electron chi connectivity index (χ0n) is 10.8. The Bertz CT molecular complexity index is 175. The molecule has 0 bridgehead atoms. The summed E-state index contributed by atoms with van der Waals surface area (Å²) >= 11 is 3.51. The van der Waals surface area contributed by atoms with E-state index in [4.69, 9.17) is 4.74 Å². The molecule has 0 amide bonds. The van der Waals surface area contributed by atoms with Crippen molar-refractivity contribution in [1.29, 1.82) is 0 Å². The fourth-order valence-electron chi connectivity index (χ4n) is 2.33. The minimum atomic E-state index is 0.655. The molecule has 0 N–H and O–H groups in total. The maximum absolute atomic E-state index is 5.66. The predicted molar refractivity (Wildman–Crippen MR) is 73.3 cm³/mol. The van der Waals surface area contributed by atoms with Crippen LogP contribution in [0.3, 0.4) is 0 Å². The average Bonchev–Trinajstić information content (AvgIpc) is 2.69. The minimum absolute atomic E-state index is 0.655. The van der Waals surface area contributed by atoms with Crippen LogP contribution in [0.5, 0.6) is 0 Å². The van der Waals surface area contributed by atoms with Crippen molar-refractivity contribution in [3.8, 4) is 0 Å². The lowest BCUT2D eigenvalue weighted by molar-refractivity contribution is 0.0810. The van der Waals surface area contributed by atoms with Gasteiger partial charge in [-0.1, -0.05) is 29.8 Å². The Labute approximate surface area is 109 Å². The molecule has 0 aromatic heterocycles.